The standard InChI is InChI=1S/C16H16ClN7S/c1-10-6-14(22-21-10)20-16-9-23(8-15-19-4-5-24(15)16)25-13-3-2-11(17)7-12(13)18/h2-7,9H,8,18H2,1H3,(H2,20,21,22)/p+1. The van der Waals surface area contributed by atoms with E-state index in [9.17, 15) is 0 Å². The van der Waals surface area contributed by atoms with Gasteiger partial charge in [0.25, 0.3) is 0 Å². The van der Waals surface area contributed by atoms with E-state index in [0.29, 0.717) is 17.3 Å². The molecule has 0 amide bonds. The second-order valence-corrected chi connectivity index (χ2v) is 7.29. The Bertz CT molecular complexity index is 902. The number of aliphatic imine (C=N–C) groups is 1. The van der Waals surface area contributed by atoms with Crippen LogP contribution in [0.4, 0.5) is 11.5 Å². The second-order valence-electron chi connectivity index (χ2n) is 5.76. The summed E-state index contributed by atoms with van der Waals surface area (Å²) in [5, 5.41) is 11.2. The predicted octanol–water partition coefficient (Wildman–Crippen LogP) is 1.96. The molecule has 1 atom stereocenters. The third-order valence-corrected chi connectivity index (χ3v) is 5.08. The van der Waals surface area contributed by atoms with E-state index in [2.05, 4.69) is 24.8 Å². The van der Waals surface area contributed by atoms with Gasteiger partial charge in [0.05, 0.1) is 17.3 Å². The van der Waals surface area contributed by atoms with E-state index in [1.807, 2.05) is 43.7 Å². The van der Waals surface area contributed by atoms with Crippen LogP contribution in [0.15, 0.2) is 58.6 Å². The van der Waals surface area contributed by atoms with Gasteiger partial charge in [-0.3, -0.25) is 14.7 Å². The topological polar surface area (TPSA) is 86.8 Å². The fourth-order valence-electron chi connectivity index (χ4n) is 2.65. The van der Waals surface area contributed by atoms with Crippen LogP contribution in [0.3, 0.4) is 0 Å². The number of nitrogen functional groups attached to an aromatic ring is 1. The van der Waals surface area contributed by atoms with E-state index in [0.717, 1.165) is 33.0 Å². The number of aryl methyl sites for hydroxylation is 1. The van der Waals surface area contributed by atoms with Crippen molar-refractivity contribution < 1.29 is 4.90 Å². The minimum atomic E-state index is 0.632. The Hall–Kier alpha value is -2.42. The number of aromatic amines is 1. The molecule has 1 unspecified atom stereocenters. The van der Waals surface area contributed by atoms with Crippen LogP contribution >= 0.6 is 23.5 Å². The van der Waals surface area contributed by atoms with Gasteiger partial charge in [-0.15, -0.1) is 0 Å². The van der Waals surface area contributed by atoms with Crippen LogP contribution in [0, 0.1) is 6.92 Å². The van der Waals surface area contributed by atoms with E-state index in [-0.39, 0.29) is 0 Å². The number of benzene rings is 1. The van der Waals surface area contributed by atoms with Crippen LogP contribution < -0.4 is 16.0 Å². The number of nitrogens with one attached hydrogen (secondary N) is 3. The Kier molecular flexibility index (Phi) is 4.16. The van der Waals surface area contributed by atoms with Crippen LogP contribution in [0.5, 0.6) is 0 Å². The minimum absolute atomic E-state index is 0.632. The first-order chi connectivity index (χ1) is 12.1. The molecule has 25 heavy (non-hydrogen) atoms. The zero-order valence-electron chi connectivity index (χ0n) is 13.5. The first kappa shape index (κ1) is 16.1. The average Bonchev–Trinajstić information content (AvgIpc) is 3.19. The largest absolute Gasteiger partial charge is 0.398 e. The summed E-state index contributed by atoms with van der Waals surface area (Å²) < 4.78 is 2.09. The summed E-state index contributed by atoms with van der Waals surface area (Å²) >= 11 is 7.53. The molecular formula is C16H17ClN7S+. The highest BCUT2D eigenvalue weighted by Crippen LogP contribution is 2.31. The van der Waals surface area contributed by atoms with E-state index in [4.69, 9.17) is 17.3 Å². The van der Waals surface area contributed by atoms with Gasteiger partial charge in [-0.2, -0.15) is 5.10 Å². The van der Waals surface area contributed by atoms with E-state index in [1.165, 1.54) is 0 Å². The molecule has 0 saturated heterocycles. The monoisotopic (exact) mass is 374 g/mol. The third kappa shape index (κ3) is 3.37. The molecule has 0 aliphatic carbocycles. The molecule has 0 bridgehead atoms. The first-order valence-electron chi connectivity index (χ1n) is 7.70. The number of nitrogens with two attached hydrogens (primary N) is 1. The quantitative estimate of drug-likeness (QED) is 0.485. The van der Waals surface area contributed by atoms with Gasteiger partial charge in [-0.05, 0) is 37.1 Å². The Morgan fingerprint density at radius 2 is 2.28 bits per heavy atom. The van der Waals surface area contributed by atoms with E-state index in [1.54, 1.807) is 18.0 Å². The molecule has 128 valence electrons. The predicted molar refractivity (Wildman–Crippen MR) is 101 cm³/mol. The summed E-state index contributed by atoms with van der Waals surface area (Å²) in [6, 6.07) is 7.48. The zero-order valence-corrected chi connectivity index (χ0v) is 15.0. The number of quaternary nitrogens is 1. The van der Waals surface area contributed by atoms with Gasteiger partial charge in [-0.1, -0.05) is 11.6 Å². The van der Waals surface area contributed by atoms with Crippen molar-refractivity contribution in [2.75, 3.05) is 17.6 Å². The molecule has 0 spiro atoms. The molecule has 9 heteroatoms. The molecule has 5 N–H and O–H groups in total. The van der Waals surface area contributed by atoms with Crippen molar-refractivity contribution >= 4 is 40.9 Å². The van der Waals surface area contributed by atoms with Gasteiger partial charge in [0, 0.05) is 22.5 Å². The van der Waals surface area contributed by atoms with Crippen molar-refractivity contribution in [3.8, 4) is 0 Å². The number of hydrogen-bond acceptors (Lipinski definition) is 6. The van der Waals surface area contributed by atoms with Crippen molar-refractivity contribution in [3.63, 3.8) is 0 Å². The maximum atomic E-state index is 6.08. The van der Waals surface area contributed by atoms with Crippen molar-refractivity contribution in [1.29, 1.82) is 0 Å². The van der Waals surface area contributed by atoms with Crippen LogP contribution in [-0.4, -0.2) is 26.9 Å². The molecular weight excluding hydrogens is 358 g/mol. The molecule has 2 aromatic rings. The maximum absolute atomic E-state index is 6.08. The van der Waals surface area contributed by atoms with Gasteiger partial charge < -0.3 is 5.73 Å². The highest BCUT2D eigenvalue weighted by atomic mass is 35.5. The molecule has 2 aliphatic heterocycles. The Morgan fingerprint density at radius 1 is 1.40 bits per heavy atom. The summed E-state index contributed by atoms with van der Waals surface area (Å²) in [6.07, 6.45) is 5.87. The number of H-pyrrole nitrogens is 1. The fraction of sp³-hybridized carbons (Fsp3) is 0.125. The summed E-state index contributed by atoms with van der Waals surface area (Å²) in [5.74, 6) is 2.73. The highest BCUT2D eigenvalue weighted by molar-refractivity contribution is 7.97. The Balaban J connectivity index is 1.59. The highest BCUT2D eigenvalue weighted by Gasteiger charge is 2.32. The van der Waals surface area contributed by atoms with Crippen molar-refractivity contribution in [2.24, 2.45) is 4.99 Å². The molecule has 0 radical (unpaired) electrons. The van der Waals surface area contributed by atoms with Gasteiger partial charge in [0.2, 0.25) is 11.7 Å². The number of hydrogen-bond donors (Lipinski definition) is 4. The maximum Gasteiger partial charge on any atom is 0.233 e. The van der Waals surface area contributed by atoms with Gasteiger partial charge in [0.1, 0.15) is 12.7 Å². The van der Waals surface area contributed by atoms with Crippen molar-refractivity contribution in [2.45, 2.75) is 11.8 Å². The number of fused-ring (bicyclic) bond motifs is 1. The SMILES string of the molecule is Cc1cc(NC2=CN(Sc3ccc(Cl)cc3N)CC3=NC=C[NH+]23)n[nH]1. The van der Waals surface area contributed by atoms with E-state index < -0.39 is 0 Å². The number of nitrogens with zero attached hydrogens (tertiary/aromatic N) is 3. The third-order valence-electron chi connectivity index (χ3n) is 3.81. The Labute approximate surface area is 154 Å². The molecule has 1 aromatic heterocycles. The number of aromatic nitrogens is 2. The van der Waals surface area contributed by atoms with Crippen LogP contribution in [-0.2, 0) is 0 Å². The van der Waals surface area contributed by atoms with Crippen LogP contribution in [0.1, 0.15) is 5.69 Å². The Morgan fingerprint density at radius 3 is 3.04 bits per heavy atom. The molecule has 7 nitrogen and oxygen atoms in total. The summed E-state index contributed by atoms with van der Waals surface area (Å²) in [5.41, 5.74) is 7.73. The smallest absolute Gasteiger partial charge is 0.233 e. The van der Waals surface area contributed by atoms with Crippen molar-refractivity contribution in [3.05, 3.63) is 59.4 Å². The van der Waals surface area contributed by atoms with Gasteiger partial charge >= 0.3 is 0 Å². The fourth-order valence-corrected chi connectivity index (χ4v) is 3.72. The number of amidine groups is 1. The number of halogens is 1. The normalized spacial score (nSPS) is 18.8. The van der Waals surface area contributed by atoms with Crippen LogP contribution in [0.2, 0.25) is 5.02 Å². The van der Waals surface area contributed by atoms with E-state index >= 15 is 0 Å². The molecule has 0 fully saturated rings. The van der Waals surface area contributed by atoms with Gasteiger partial charge in [-0.25, -0.2) is 9.89 Å². The lowest BCUT2D eigenvalue weighted by Gasteiger charge is -2.27. The lowest BCUT2D eigenvalue weighted by Crippen LogP contribution is -3.10. The molecule has 1 aromatic carbocycles. The average molecular weight is 375 g/mol. The van der Waals surface area contributed by atoms with Gasteiger partial charge in [0.15, 0.2) is 5.82 Å². The lowest BCUT2D eigenvalue weighted by molar-refractivity contribution is -0.699. The van der Waals surface area contributed by atoms with Crippen LogP contribution in [0.25, 0.3) is 0 Å². The second kappa shape index (κ2) is 6.47. The number of anilines is 2. The summed E-state index contributed by atoms with van der Waals surface area (Å²) in [4.78, 5) is 6.50. The summed E-state index contributed by atoms with van der Waals surface area (Å²) in [7, 11) is 0. The van der Waals surface area contributed by atoms with Crippen molar-refractivity contribution in [1.82, 2.24) is 14.5 Å². The zero-order chi connectivity index (χ0) is 17.4. The lowest BCUT2D eigenvalue weighted by atomic mass is 10.3. The molecule has 2 aliphatic rings. The molecule has 0 saturated carbocycles. The molecule has 3 heterocycles. The summed E-state index contributed by atoms with van der Waals surface area (Å²) in [6.45, 7) is 2.66. The first-order valence-corrected chi connectivity index (χ1v) is 8.85. The number of rotatable bonds is 4. The minimum Gasteiger partial charge on any atom is -0.398 e. The molecule has 4 rings (SSSR count).